The van der Waals surface area contributed by atoms with Crippen molar-refractivity contribution >= 4 is 33.2 Å². The van der Waals surface area contributed by atoms with Crippen molar-refractivity contribution in [2.75, 3.05) is 6.54 Å². The second-order valence-electron chi connectivity index (χ2n) is 4.46. The van der Waals surface area contributed by atoms with Gasteiger partial charge in [-0.1, -0.05) is 12.8 Å². The van der Waals surface area contributed by atoms with Gasteiger partial charge in [0.1, 0.15) is 0 Å². The number of carbonyl (C=O) groups is 1. The Morgan fingerprint density at radius 1 is 1.59 bits per heavy atom. The zero-order chi connectivity index (χ0) is 12.3. The molecule has 2 N–H and O–H groups in total. The van der Waals surface area contributed by atoms with Gasteiger partial charge in [0.05, 0.1) is 15.5 Å². The molecule has 1 amide bonds. The molecule has 5 heteroatoms. The van der Waals surface area contributed by atoms with E-state index in [0.29, 0.717) is 18.0 Å². The number of hydrogen-bond donors (Lipinski definition) is 2. The number of carbonyl (C=O) groups excluding carboxylic acids is 1. The molecule has 1 heterocycles. The largest absolute Gasteiger partial charge is 0.391 e. The molecule has 0 bridgehead atoms. The molecule has 94 valence electrons. The van der Waals surface area contributed by atoms with Crippen LogP contribution in [-0.2, 0) is 0 Å². The highest BCUT2D eigenvalue weighted by Gasteiger charge is 2.23. The van der Waals surface area contributed by atoms with Gasteiger partial charge in [-0.25, -0.2) is 0 Å². The summed E-state index contributed by atoms with van der Waals surface area (Å²) in [5, 5.41) is 14.5. The van der Waals surface area contributed by atoms with Crippen molar-refractivity contribution in [3.63, 3.8) is 0 Å². The minimum Gasteiger partial charge on any atom is -0.391 e. The fourth-order valence-corrected chi connectivity index (χ4v) is 3.37. The van der Waals surface area contributed by atoms with E-state index in [4.69, 9.17) is 0 Å². The summed E-state index contributed by atoms with van der Waals surface area (Å²) in [7, 11) is 0. The Morgan fingerprint density at radius 3 is 2.88 bits per heavy atom. The Labute approximate surface area is 113 Å². The van der Waals surface area contributed by atoms with Gasteiger partial charge in [-0.2, -0.15) is 0 Å². The third-order valence-electron chi connectivity index (χ3n) is 3.25. The lowest BCUT2D eigenvalue weighted by Gasteiger charge is -2.17. The number of halogens is 1. The van der Waals surface area contributed by atoms with Gasteiger partial charge in [0.25, 0.3) is 5.91 Å². The molecule has 1 aromatic rings. The summed E-state index contributed by atoms with van der Waals surface area (Å²) in [4.78, 5) is 11.7. The molecule has 0 spiro atoms. The summed E-state index contributed by atoms with van der Waals surface area (Å²) >= 11 is 4.81. The van der Waals surface area contributed by atoms with Crippen molar-refractivity contribution in [1.29, 1.82) is 0 Å². The van der Waals surface area contributed by atoms with Crippen LogP contribution >= 0.6 is 27.3 Å². The second-order valence-corrected chi connectivity index (χ2v) is 6.75. The van der Waals surface area contributed by atoms with Crippen LogP contribution in [0.1, 0.15) is 36.0 Å². The number of thiophene rings is 1. The molecule has 1 fully saturated rings. The number of rotatable bonds is 4. The summed E-state index contributed by atoms with van der Waals surface area (Å²) in [5.74, 6) is 0.258. The standard InChI is InChI=1S/C12H16BrNO2S/c13-11-5-9(7-17-11)12(16)14-6-10(15)8-3-1-2-4-8/h5,7-8,10,15H,1-4,6H2,(H,14,16). The maximum absolute atomic E-state index is 11.7. The maximum atomic E-state index is 11.7. The molecular weight excluding hydrogens is 302 g/mol. The minimum absolute atomic E-state index is 0.107. The van der Waals surface area contributed by atoms with E-state index in [1.54, 1.807) is 11.4 Å². The molecule has 1 aliphatic rings. The predicted molar refractivity (Wildman–Crippen MR) is 72.3 cm³/mol. The Hall–Kier alpha value is -0.390. The number of hydrogen-bond acceptors (Lipinski definition) is 3. The first-order valence-corrected chi connectivity index (χ1v) is 7.54. The lowest BCUT2D eigenvalue weighted by atomic mass is 10.0. The smallest absolute Gasteiger partial charge is 0.252 e. The van der Waals surface area contributed by atoms with Crippen LogP contribution in [0.2, 0.25) is 0 Å². The normalized spacial score (nSPS) is 18.2. The van der Waals surface area contributed by atoms with Crippen LogP contribution in [0.5, 0.6) is 0 Å². The van der Waals surface area contributed by atoms with E-state index < -0.39 is 6.10 Å². The Balaban J connectivity index is 1.79. The van der Waals surface area contributed by atoms with Crippen LogP contribution in [0.4, 0.5) is 0 Å². The van der Waals surface area contributed by atoms with Gasteiger partial charge >= 0.3 is 0 Å². The van der Waals surface area contributed by atoms with E-state index in [9.17, 15) is 9.90 Å². The van der Waals surface area contributed by atoms with Gasteiger partial charge in [-0.05, 0) is 40.8 Å². The van der Waals surface area contributed by atoms with Crippen LogP contribution in [0.25, 0.3) is 0 Å². The van der Waals surface area contributed by atoms with Crippen molar-refractivity contribution in [2.24, 2.45) is 5.92 Å². The molecule has 0 aromatic carbocycles. The number of amides is 1. The van der Waals surface area contributed by atoms with Gasteiger partial charge in [0.15, 0.2) is 0 Å². The lowest BCUT2D eigenvalue weighted by Crippen LogP contribution is -2.35. The predicted octanol–water partition coefficient (Wildman–Crippen LogP) is 2.79. The van der Waals surface area contributed by atoms with E-state index in [2.05, 4.69) is 21.2 Å². The van der Waals surface area contributed by atoms with Crippen LogP contribution in [0, 0.1) is 5.92 Å². The zero-order valence-electron chi connectivity index (χ0n) is 9.49. The number of aliphatic hydroxyl groups excluding tert-OH is 1. The third kappa shape index (κ3) is 3.53. The molecular formula is C12H16BrNO2S. The highest BCUT2D eigenvalue weighted by atomic mass is 79.9. The van der Waals surface area contributed by atoms with Crippen molar-refractivity contribution in [2.45, 2.75) is 31.8 Å². The van der Waals surface area contributed by atoms with E-state index in [-0.39, 0.29) is 5.91 Å². The van der Waals surface area contributed by atoms with Crippen molar-refractivity contribution in [3.8, 4) is 0 Å². The summed E-state index contributed by atoms with van der Waals surface area (Å²) < 4.78 is 0.944. The van der Waals surface area contributed by atoms with E-state index in [0.717, 1.165) is 16.6 Å². The van der Waals surface area contributed by atoms with Gasteiger partial charge < -0.3 is 10.4 Å². The molecule has 0 aliphatic heterocycles. The van der Waals surface area contributed by atoms with Crippen LogP contribution < -0.4 is 5.32 Å². The fraction of sp³-hybridized carbons (Fsp3) is 0.583. The minimum atomic E-state index is -0.400. The quantitative estimate of drug-likeness (QED) is 0.897. The Morgan fingerprint density at radius 2 is 2.29 bits per heavy atom. The number of nitrogens with one attached hydrogen (secondary N) is 1. The van der Waals surface area contributed by atoms with Crippen molar-refractivity contribution < 1.29 is 9.90 Å². The highest BCUT2D eigenvalue weighted by Crippen LogP contribution is 2.27. The molecule has 17 heavy (non-hydrogen) atoms. The first-order valence-electron chi connectivity index (χ1n) is 5.87. The van der Waals surface area contributed by atoms with E-state index >= 15 is 0 Å². The van der Waals surface area contributed by atoms with Gasteiger partial charge in [0, 0.05) is 11.9 Å². The summed E-state index contributed by atoms with van der Waals surface area (Å²) in [6.45, 7) is 0.358. The van der Waals surface area contributed by atoms with E-state index in [1.807, 2.05) is 0 Å². The zero-order valence-corrected chi connectivity index (χ0v) is 11.9. The molecule has 3 nitrogen and oxygen atoms in total. The fourth-order valence-electron chi connectivity index (χ4n) is 2.24. The Bertz CT molecular complexity index is 388. The summed E-state index contributed by atoms with van der Waals surface area (Å²) in [6.07, 6.45) is 4.17. The number of aliphatic hydroxyl groups is 1. The SMILES string of the molecule is O=C(NCC(O)C1CCCC1)c1csc(Br)c1. The van der Waals surface area contributed by atoms with Crippen molar-refractivity contribution in [1.82, 2.24) is 5.32 Å². The molecule has 1 unspecified atom stereocenters. The molecule has 1 atom stereocenters. The molecule has 2 rings (SSSR count). The molecule has 0 radical (unpaired) electrons. The van der Waals surface area contributed by atoms with Gasteiger partial charge in [-0.15, -0.1) is 11.3 Å². The van der Waals surface area contributed by atoms with Crippen LogP contribution in [0.15, 0.2) is 15.2 Å². The van der Waals surface area contributed by atoms with Crippen LogP contribution in [0.3, 0.4) is 0 Å². The molecule has 1 aliphatic carbocycles. The van der Waals surface area contributed by atoms with Crippen molar-refractivity contribution in [3.05, 3.63) is 20.8 Å². The topological polar surface area (TPSA) is 49.3 Å². The highest BCUT2D eigenvalue weighted by molar-refractivity contribution is 9.11. The second kappa shape index (κ2) is 5.98. The first kappa shape index (κ1) is 13.1. The third-order valence-corrected chi connectivity index (χ3v) is 4.75. The van der Waals surface area contributed by atoms with Crippen LogP contribution in [-0.4, -0.2) is 23.7 Å². The molecule has 0 saturated heterocycles. The van der Waals surface area contributed by atoms with E-state index in [1.165, 1.54) is 24.2 Å². The molecule has 1 aromatic heterocycles. The average molecular weight is 318 g/mol. The molecule has 1 saturated carbocycles. The lowest BCUT2D eigenvalue weighted by molar-refractivity contribution is 0.0841. The monoisotopic (exact) mass is 317 g/mol. The first-order chi connectivity index (χ1) is 8.16. The maximum Gasteiger partial charge on any atom is 0.252 e. The summed E-state index contributed by atoms with van der Waals surface area (Å²) in [5.41, 5.74) is 0.653. The van der Waals surface area contributed by atoms with Gasteiger partial charge in [-0.3, -0.25) is 4.79 Å². The van der Waals surface area contributed by atoms with Gasteiger partial charge in [0.2, 0.25) is 0 Å². The Kier molecular flexibility index (Phi) is 4.59. The average Bonchev–Trinajstić information content (AvgIpc) is 2.95. The summed E-state index contributed by atoms with van der Waals surface area (Å²) in [6, 6.07) is 1.79.